The van der Waals surface area contributed by atoms with Crippen LogP contribution in [0.3, 0.4) is 0 Å². The number of hydrogen-bond acceptors (Lipinski definition) is 5. The predicted molar refractivity (Wildman–Crippen MR) is 125 cm³/mol. The van der Waals surface area contributed by atoms with Gasteiger partial charge < -0.3 is 20.6 Å². The second kappa shape index (κ2) is 8.37. The molecule has 3 fully saturated rings. The summed E-state index contributed by atoms with van der Waals surface area (Å²) < 4.78 is -0.959. The average Bonchev–Trinajstić information content (AvgIpc) is 3.31. The van der Waals surface area contributed by atoms with E-state index < -0.39 is 22.6 Å². The van der Waals surface area contributed by atoms with Crippen molar-refractivity contribution < 1.29 is 19.5 Å². The Balaban J connectivity index is 1.72. The summed E-state index contributed by atoms with van der Waals surface area (Å²) in [5.41, 5.74) is 2.77. The van der Waals surface area contributed by atoms with E-state index in [1.807, 2.05) is 32.0 Å². The standard InChI is InChI=1S/C24H33N3O4S/c1-14-7-8-15(2)16(13-14)26-21(30)19-24-10-9-23(3,32-24)17(20(29)25-4)18(24)22(31)27(19)11-5-6-12-28/h7-8,13,17-19,28H,5-6,9-12H2,1-4H3,(H,25,29)(H,26,30)/t17-,18-,19?,23+,24?/m0/s1. The summed E-state index contributed by atoms with van der Waals surface area (Å²) in [6, 6.07) is 5.29. The molecule has 0 aliphatic carbocycles. The third-order valence-electron chi connectivity index (χ3n) is 7.51. The number of aliphatic hydroxyl groups excluding tert-OH is 1. The normalized spacial score (nSPS) is 32.8. The molecule has 2 unspecified atom stereocenters. The van der Waals surface area contributed by atoms with Crippen LogP contribution in [0.2, 0.25) is 0 Å². The van der Waals surface area contributed by atoms with Crippen LogP contribution in [0.25, 0.3) is 0 Å². The number of rotatable bonds is 7. The highest BCUT2D eigenvalue weighted by atomic mass is 32.2. The first-order valence-corrected chi connectivity index (χ1v) is 12.2. The van der Waals surface area contributed by atoms with Gasteiger partial charge in [0.1, 0.15) is 6.04 Å². The molecule has 4 rings (SSSR count). The molecular weight excluding hydrogens is 426 g/mol. The minimum atomic E-state index is -0.639. The van der Waals surface area contributed by atoms with E-state index in [0.717, 1.165) is 29.7 Å². The summed E-state index contributed by atoms with van der Waals surface area (Å²) in [6.07, 6.45) is 2.72. The van der Waals surface area contributed by atoms with E-state index in [9.17, 15) is 19.5 Å². The van der Waals surface area contributed by atoms with Gasteiger partial charge in [0.15, 0.2) is 0 Å². The Bertz CT molecular complexity index is 953. The first-order valence-electron chi connectivity index (χ1n) is 11.4. The fourth-order valence-electron chi connectivity index (χ4n) is 5.99. The number of thioether (sulfide) groups is 1. The molecule has 5 atom stereocenters. The number of unbranched alkanes of at least 4 members (excludes halogenated alkanes) is 1. The molecule has 1 spiro atoms. The number of benzene rings is 1. The zero-order chi connectivity index (χ0) is 23.3. The van der Waals surface area contributed by atoms with Gasteiger partial charge in [-0.3, -0.25) is 14.4 Å². The van der Waals surface area contributed by atoms with Crippen molar-refractivity contribution >= 4 is 35.2 Å². The molecule has 7 nitrogen and oxygen atoms in total. The van der Waals surface area contributed by atoms with Gasteiger partial charge in [0, 0.05) is 30.6 Å². The lowest BCUT2D eigenvalue weighted by molar-refractivity contribution is -0.140. The van der Waals surface area contributed by atoms with E-state index in [4.69, 9.17) is 0 Å². The third-order valence-corrected chi connectivity index (χ3v) is 9.50. The lowest BCUT2D eigenvalue weighted by atomic mass is 9.66. The number of nitrogens with one attached hydrogen (secondary N) is 2. The molecule has 0 aromatic heterocycles. The highest BCUT2D eigenvalue weighted by Gasteiger charge is 2.76. The third kappa shape index (κ3) is 3.43. The largest absolute Gasteiger partial charge is 0.396 e. The number of hydrogen-bond donors (Lipinski definition) is 3. The Morgan fingerprint density at radius 2 is 1.97 bits per heavy atom. The molecule has 1 aromatic carbocycles. The monoisotopic (exact) mass is 459 g/mol. The molecule has 3 amide bonds. The van der Waals surface area contributed by atoms with Crippen LogP contribution in [0, 0.1) is 25.7 Å². The molecule has 2 bridgehead atoms. The molecule has 1 aromatic rings. The Morgan fingerprint density at radius 1 is 1.22 bits per heavy atom. The summed E-state index contributed by atoms with van der Waals surface area (Å²) in [4.78, 5) is 42.1. The molecule has 0 radical (unpaired) electrons. The molecular formula is C24H33N3O4S. The van der Waals surface area contributed by atoms with E-state index >= 15 is 0 Å². The number of nitrogens with zero attached hydrogens (tertiary/aromatic N) is 1. The topological polar surface area (TPSA) is 98.7 Å². The number of amides is 3. The molecule has 3 aliphatic heterocycles. The maximum Gasteiger partial charge on any atom is 0.248 e. The number of carbonyl (C=O) groups is 3. The van der Waals surface area contributed by atoms with Crippen LogP contribution < -0.4 is 10.6 Å². The van der Waals surface area contributed by atoms with Crippen LogP contribution in [0.5, 0.6) is 0 Å². The zero-order valence-corrected chi connectivity index (χ0v) is 20.1. The Morgan fingerprint density at radius 3 is 2.66 bits per heavy atom. The van der Waals surface area contributed by atoms with Gasteiger partial charge in [0.25, 0.3) is 0 Å². The van der Waals surface area contributed by atoms with E-state index in [1.165, 1.54) is 0 Å². The van der Waals surface area contributed by atoms with Crippen LogP contribution in [0.1, 0.15) is 43.7 Å². The predicted octanol–water partition coefficient (Wildman–Crippen LogP) is 2.24. The first kappa shape index (κ1) is 23.1. The molecule has 174 valence electrons. The van der Waals surface area contributed by atoms with Crippen molar-refractivity contribution in [3.63, 3.8) is 0 Å². The number of fused-ring (bicyclic) bond motifs is 1. The molecule has 0 saturated carbocycles. The minimum absolute atomic E-state index is 0.0453. The number of anilines is 1. The molecule has 3 N–H and O–H groups in total. The highest BCUT2D eigenvalue weighted by Crippen LogP contribution is 2.71. The summed E-state index contributed by atoms with van der Waals surface area (Å²) in [5, 5.41) is 15.1. The molecule has 3 heterocycles. The minimum Gasteiger partial charge on any atom is -0.396 e. The van der Waals surface area contributed by atoms with Gasteiger partial charge in [-0.1, -0.05) is 12.1 Å². The number of likely N-dealkylation sites (tertiary alicyclic amines) is 1. The van der Waals surface area contributed by atoms with Gasteiger partial charge in [-0.2, -0.15) is 0 Å². The lowest BCUT2D eigenvalue weighted by Gasteiger charge is -2.34. The summed E-state index contributed by atoms with van der Waals surface area (Å²) in [5.74, 6) is -1.36. The van der Waals surface area contributed by atoms with E-state index in [0.29, 0.717) is 19.4 Å². The van der Waals surface area contributed by atoms with Crippen molar-refractivity contribution in [1.82, 2.24) is 10.2 Å². The van der Waals surface area contributed by atoms with Crippen molar-refractivity contribution in [3.8, 4) is 0 Å². The number of aliphatic hydroxyl groups is 1. The van der Waals surface area contributed by atoms with E-state index in [2.05, 4.69) is 17.6 Å². The van der Waals surface area contributed by atoms with Crippen LogP contribution >= 0.6 is 11.8 Å². The van der Waals surface area contributed by atoms with E-state index in [1.54, 1.807) is 23.7 Å². The first-order chi connectivity index (χ1) is 15.2. The summed E-state index contributed by atoms with van der Waals surface area (Å²) in [6.45, 7) is 6.44. The molecule has 3 aliphatic rings. The van der Waals surface area contributed by atoms with Crippen LogP contribution in [-0.2, 0) is 14.4 Å². The van der Waals surface area contributed by atoms with Crippen molar-refractivity contribution in [2.24, 2.45) is 11.8 Å². The molecule has 3 saturated heterocycles. The fraction of sp³-hybridized carbons (Fsp3) is 0.625. The van der Waals surface area contributed by atoms with Gasteiger partial charge in [-0.25, -0.2) is 0 Å². The number of aryl methyl sites for hydroxylation is 2. The Hall–Kier alpha value is -2.06. The molecule has 32 heavy (non-hydrogen) atoms. The quantitative estimate of drug-likeness (QED) is 0.543. The highest BCUT2D eigenvalue weighted by molar-refractivity contribution is 8.02. The maximum atomic E-state index is 13.8. The summed E-state index contributed by atoms with van der Waals surface area (Å²) >= 11 is 1.67. The maximum absolute atomic E-state index is 13.8. The van der Waals surface area contributed by atoms with Crippen LogP contribution in [0.4, 0.5) is 5.69 Å². The van der Waals surface area contributed by atoms with E-state index in [-0.39, 0.29) is 29.1 Å². The number of carbonyl (C=O) groups excluding carboxylic acids is 3. The summed E-state index contributed by atoms with van der Waals surface area (Å²) in [7, 11) is 1.61. The smallest absolute Gasteiger partial charge is 0.248 e. The van der Waals surface area contributed by atoms with Gasteiger partial charge in [-0.05, 0) is 63.6 Å². The fourth-order valence-corrected chi connectivity index (χ4v) is 8.35. The Kier molecular flexibility index (Phi) is 6.05. The van der Waals surface area contributed by atoms with Gasteiger partial charge >= 0.3 is 0 Å². The molecule has 8 heteroatoms. The second-order valence-corrected chi connectivity index (χ2v) is 11.5. The van der Waals surface area contributed by atoms with Crippen molar-refractivity contribution in [2.45, 2.75) is 62.0 Å². The lowest BCUT2D eigenvalue weighted by Crippen LogP contribution is -2.52. The van der Waals surface area contributed by atoms with Crippen LogP contribution in [0.15, 0.2) is 18.2 Å². The van der Waals surface area contributed by atoms with Crippen molar-refractivity contribution in [3.05, 3.63) is 29.3 Å². The van der Waals surface area contributed by atoms with Crippen molar-refractivity contribution in [2.75, 3.05) is 25.5 Å². The van der Waals surface area contributed by atoms with Gasteiger partial charge in [-0.15, -0.1) is 11.8 Å². The Labute approximate surface area is 193 Å². The zero-order valence-electron chi connectivity index (χ0n) is 19.2. The van der Waals surface area contributed by atoms with Crippen molar-refractivity contribution in [1.29, 1.82) is 0 Å². The average molecular weight is 460 g/mol. The van der Waals surface area contributed by atoms with Crippen LogP contribution in [-0.4, -0.2) is 63.5 Å². The second-order valence-electron chi connectivity index (χ2n) is 9.61. The van der Waals surface area contributed by atoms with Gasteiger partial charge in [0.2, 0.25) is 17.7 Å². The van der Waals surface area contributed by atoms with Gasteiger partial charge in [0.05, 0.1) is 16.6 Å². The SMILES string of the molecule is CNC(=O)[C@@H]1[C@H]2C(=O)N(CCCCO)C(C(=O)Nc3cc(C)ccc3C)C23CC[C@@]1(C)S3.